The van der Waals surface area contributed by atoms with Crippen molar-refractivity contribution in [2.24, 2.45) is 4.99 Å². The second-order valence-electron chi connectivity index (χ2n) is 6.76. The summed E-state index contributed by atoms with van der Waals surface area (Å²) in [5.74, 6) is 0.769. The van der Waals surface area contributed by atoms with Crippen molar-refractivity contribution in [2.45, 2.75) is 31.5 Å². The predicted molar refractivity (Wildman–Crippen MR) is 108 cm³/mol. The topological polar surface area (TPSA) is 53.5 Å². The summed E-state index contributed by atoms with van der Waals surface area (Å²) in [5.41, 5.74) is 3.91. The molecule has 26 heavy (non-hydrogen) atoms. The Morgan fingerprint density at radius 3 is 2.73 bits per heavy atom. The van der Waals surface area contributed by atoms with Gasteiger partial charge in [0.1, 0.15) is 6.04 Å². The summed E-state index contributed by atoms with van der Waals surface area (Å²) in [6, 6.07) is 18.8. The molecule has 0 aliphatic carbocycles. The van der Waals surface area contributed by atoms with Crippen LogP contribution in [0.3, 0.4) is 0 Å². The van der Waals surface area contributed by atoms with Gasteiger partial charge in [0.15, 0.2) is 0 Å². The lowest BCUT2D eigenvalue weighted by Gasteiger charge is -2.26. The Kier molecular flexibility index (Phi) is 5.37. The number of nitrogens with zero attached hydrogens (tertiary/aromatic N) is 1. The van der Waals surface area contributed by atoms with Gasteiger partial charge in [-0.3, -0.25) is 9.79 Å². The number of benzene rings is 2. The first-order valence-electron chi connectivity index (χ1n) is 9.13. The molecule has 0 radical (unpaired) electrons. The predicted octanol–water partition coefficient (Wildman–Crippen LogP) is 2.77. The zero-order valence-electron chi connectivity index (χ0n) is 14.7. The lowest BCUT2D eigenvalue weighted by molar-refractivity contribution is -0.121. The third kappa shape index (κ3) is 4.00. The third-order valence-electron chi connectivity index (χ3n) is 4.93. The quantitative estimate of drug-likeness (QED) is 0.857. The van der Waals surface area contributed by atoms with Gasteiger partial charge >= 0.3 is 0 Å². The van der Waals surface area contributed by atoms with E-state index in [4.69, 9.17) is 0 Å². The van der Waals surface area contributed by atoms with E-state index in [1.807, 2.05) is 30.3 Å². The van der Waals surface area contributed by atoms with Crippen LogP contribution >= 0.6 is 11.8 Å². The molecular formula is C21H23N3OS. The zero-order chi connectivity index (χ0) is 17.8. The van der Waals surface area contributed by atoms with Crippen LogP contribution in [0.1, 0.15) is 23.1 Å². The van der Waals surface area contributed by atoms with Crippen LogP contribution in [0, 0.1) is 0 Å². The highest BCUT2D eigenvalue weighted by Crippen LogP contribution is 2.23. The van der Waals surface area contributed by atoms with Gasteiger partial charge < -0.3 is 10.6 Å². The molecule has 2 aliphatic rings. The molecule has 134 valence electrons. The molecule has 0 aromatic heterocycles. The Balaban J connectivity index is 1.26. The zero-order valence-corrected chi connectivity index (χ0v) is 15.5. The summed E-state index contributed by atoms with van der Waals surface area (Å²) < 4.78 is 0. The number of nitrogens with one attached hydrogen (secondary N) is 2. The first-order valence-corrected chi connectivity index (χ1v) is 10.1. The average molecular weight is 366 g/mol. The summed E-state index contributed by atoms with van der Waals surface area (Å²) in [5, 5.41) is 7.60. The van der Waals surface area contributed by atoms with E-state index in [1.165, 1.54) is 11.1 Å². The molecule has 5 heteroatoms. The largest absolute Gasteiger partial charge is 0.354 e. The van der Waals surface area contributed by atoms with Crippen LogP contribution in [-0.2, 0) is 17.8 Å². The molecule has 2 heterocycles. The smallest absolute Gasteiger partial charge is 0.245 e. The fourth-order valence-electron chi connectivity index (χ4n) is 3.46. The molecular weight excluding hydrogens is 342 g/mol. The second-order valence-corrected chi connectivity index (χ2v) is 7.77. The average Bonchev–Trinajstić information content (AvgIpc) is 3.19. The Morgan fingerprint density at radius 2 is 1.88 bits per heavy atom. The van der Waals surface area contributed by atoms with Gasteiger partial charge in [-0.25, -0.2) is 0 Å². The van der Waals surface area contributed by atoms with Gasteiger partial charge in [0.25, 0.3) is 0 Å². The summed E-state index contributed by atoms with van der Waals surface area (Å²) in [6.45, 7) is 1.61. The minimum atomic E-state index is -0.268. The van der Waals surface area contributed by atoms with E-state index in [2.05, 4.69) is 39.9 Å². The van der Waals surface area contributed by atoms with Crippen molar-refractivity contribution in [2.75, 3.05) is 12.3 Å². The number of thioether (sulfide) groups is 1. The van der Waals surface area contributed by atoms with Gasteiger partial charge in [0.2, 0.25) is 5.91 Å². The van der Waals surface area contributed by atoms with E-state index in [0.29, 0.717) is 12.6 Å². The molecule has 4 nitrogen and oxygen atoms in total. The normalized spacial score (nSPS) is 21.8. The van der Waals surface area contributed by atoms with E-state index >= 15 is 0 Å². The molecule has 2 N–H and O–H groups in total. The molecule has 2 aromatic carbocycles. The summed E-state index contributed by atoms with van der Waals surface area (Å²) in [6.07, 6.45) is 1.97. The van der Waals surface area contributed by atoms with E-state index < -0.39 is 0 Å². The number of carbonyl (C=O) groups excluding carboxylic acids is 1. The number of amides is 1. The van der Waals surface area contributed by atoms with Crippen LogP contribution < -0.4 is 10.6 Å². The number of aliphatic imine (C=N–C) groups is 1. The first kappa shape index (κ1) is 17.3. The Morgan fingerprint density at radius 1 is 1.12 bits per heavy atom. The summed E-state index contributed by atoms with van der Waals surface area (Å²) in [7, 11) is 0. The Labute approximate surface area is 158 Å². The van der Waals surface area contributed by atoms with Gasteiger partial charge in [-0.05, 0) is 24.0 Å². The van der Waals surface area contributed by atoms with Crippen LogP contribution in [0.4, 0.5) is 0 Å². The van der Waals surface area contributed by atoms with Crippen LogP contribution in [0.2, 0.25) is 0 Å². The lowest BCUT2D eigenvalue weighted by atomic mass is 9.94. The van der Waals surface area contributed by atoms with Crippen molar-refractivity contribution in [1.82, 2.24) is 10.6 Å². The summed E-state index contributed by atoms with van der Waals surface area (Å²) >= 11 is 1.66. The van der Waals surface area contributed by atoms with Crippen LogP contribution in [-0.4, -0.2) is 35.3 Å². The van der Waals surface area contributed by atoms with Crippen molar-refractivity contribution in [3.8, 4) is 0 Å². The van der Waals surface area contributed by atoms with E-state index in [1.54, 1.807) is 11.8 Å². The molecule has 2 aliphatic heterocycles. The minimum absolute atomic E-state index is 0.0413. The SMILES string of the molecule is O=C(NCC[C@@H]1Cc2ccccc2CN1)C1CSC(c2ccccc2)=N1. The molecule has 4 rings (SSSR count). The standard InChI is InChI=1S/C21H23N3OS/c25-20(19-14-26-21(24-19)15-6-2-1-3-7-15)22-11-10-18-12-16-8-4-5-9-17(16)13-23-18/h1-9,18-19,23H,10-14H2,(H,22,25)/t18-,19?/m1/s1. The Bertz CT molecular complexity index is 806. The minimum Gasteiger partial charge on any atom is -0.354 e. The number of carbonyl (C=O) groups is 1. The molecule has 0 bridgehead atoms. The highest BCUT2D eigenvalue weighted by molar-refractivity contribution is 8.14. The van der Waals surface area contributed by atoms with Crippen molar-refractivity contribution in [3.63, 3.8) is 0 Å². The van der Waals surface area contributed by atoms with Crippen molar-refractivity contribution in [3.05, 3.63) is 71.3 Å². The van der Waals surface area contributed by atoms with Gasteiger partial charge in [-0.2, -0.15) is 0 Å². The molecule has 0 fully saturated rings. The first-order chi connectivity index (χ1) is 12.8. The van der Waals surface area contributed by atoms with Crippen molar-refractivity contribution >= 4 is 22.7 Å². The number of rotatable bonds is 5. The maximum atomic E-state index is 12.4. The highest BCUT2D eigenvalue weighted by Gasteiger charge is 2.25. The summed E-state index contributed by atoms with van der Waals surface area (Å²) in [4.78, 5) is 17.0. The van der Waals surface area contributed by atoms with Gasteiger partial charge in [-0.15, -0.1) is 11.8 Å². The maximum Gasteiger partial charge on any atom is 0.245 e. The van der Waals surface area contributed by atoms with Crippen molar-refractivity contribution < 1.29 is 4.79 Å². The lowest BCUT2D eigenvalue weighted by Crippen LogP contribution is -2.40. The van der Waals surface area contributed by atoms with E-state index in [9.17, 15) is 4.79 Å². The number of fused-ring (bicyclic) bond motifs is 1. The highest BCUT2D eigenvalue weighted by atomic mass is 32.2. The van der Waals surface area contributed by atoms with Crippen LogP contribution in [0.15, 0.2) is 59.6 Å². The third-order valence-corrected chi connectivity index (χ3v) is 6.03. The van der Waals surface area contributed by atoms with Crippen LogP contribution in [0.5, 0.6) is 0 Å². The van der Waals surface area contributed by atoms with Gasteiger partial charge in [0, 0.05) is 30.4 Å². The number of hydrogen-bond acceptors (Lipinski definition) is 4. The van der Waals surface area contributed by atoms with Gasteiger partial charge in [-0.1, -0.05) is 54.6 Å². The number of hydrogen-bond donors (Lipinski definition) is 2. The van der Waals surface area contributed by atoms with Crippen LogP contribution in [0.25, 0.3) is 0 Å². The van der Waals surface area contributed by atoms with Gasteiger partial charge in [0.05, 0.1) is 5.04 Å². The van der Waals surface area contributed by atoms with E-state index in [-0.39, 0.29) is 11.9 Å². The molecule has 2 atom stereocenters. The molecule has 1 unspecified atom stereocenters. The maximum absolute atomic E-state index is 12.4. The second kappa shape index (κ2) is 8.06. The monoisotopic (exact) mass is 365 g/mol. The fourth-order valence-corrected chi connectivity index (χ4v) is 4.51. The molecule has 0 spiro atoms. The van der Waals surface area contributed by atoms with E-state index in [0.717, 1.165) is 35.7 Å². The molecule has 0 saturated carbocycles. The van der Waals surface area contributed by atoms with Crippen molar-refractivity contribution in [1.29, 1.82) is 0 Å². The molecule has 2 aromatic rings. The molecule has 1 amide bonds. The Hall–Kier alpha value is -2.11. The molecule has 0 saturated heterocycles. The fraction of sp³-hybridized carbons (Fsp3) is 0.333.